The number of rotatable bonds is 2. The number of benzene rings is 1. The molecule has 1 aromatic carbocycles. The van der Waals surface area contributed by atoms with E-state index in [1.54, 1.807) is 7.11 Å². The Bertz CT molecular complexity index is 396. The predicted molar refractivity (Wildman–Crippen MR) is 64.5 cm³/mol. The van der Waals surface area contributed by atoms with Crippen LogP contribution < -0.4 is 9.64 Å². The van der Waals surface area contributed by atoms with Crippen LogP contribution in [0.1, 0.15) is 12.8 Å². The number of methoxy groups -OCH3 is 1. The van der Waals surface area contributed by atoms with E-state index in [2.05, 4.69) is 4.90 Å². The molecule has 0 bridgehead atoms. The summed E-state index contributed by atoms with van der Waals surface area (Å²) in [7, 11) is 1.60. The van der Waals surface area contributed by atoms with Gasteiger partial charge in [-0.15, -0.1) is 0 Å². The molecule has 0 aromatic heterocycles. The molecule has 0 saturated carbocycles. The first kappa shape index (κ1) is 11.3. The number of carbonyl (C=O) groups excluding carboxylic acids is 1. The lowest BCUT2D eigenvalue weighted by Gasteiger charge is -2.28. The molecule has 0 atom stereocenters. The van der Waals surface area contributed by atoms with Crippen molar-refractivity contribution >= 4 is 23.1 Å². The SMILES string of the molecule is COc1cc(N2CCC(=O)CC2)ccc1Cl. The molecule has 1 saturated heterocycles. The Labute approximate surface area is 100.0 Å². The Morgan fingerprint density at radius 1 is 1.31 bits per heavy atom. The van der Waals surface area contributed by atoms with Crippen LogP contribution in [0.15, 0.2) is 18.2 Å². The second-order valence-electron chi connectivity index (χ2n) is 3.84. The largest absolute Gasteiger partial charge is 0.495 e. The molecule has 86 valence electrons. The first-order valence-electron chi connectivity index (χ1n) is 5.31. The van der Waals surface area contributed by atoms with Gasteiger partial charge in [0.2, 0.25) is 0 Å². The number of halogens is 1. The van der Waals surface area contributed by atoms with Crippen molar-refractivity contribution < 1.29 is 9.53 Å². The van der Waals surface area contributed by atoms with Crippen molar-refractivity contribution in [3.8, 4) is 5.75 Å². The molecule has 1 aliphatic rings. The third-order valence-corrected chi connectivity index (χ3v) is 3.13. The van der Waals surface area contributed by atoms with E-state index in [0.29, 0.717) is 29.4 Å². The number of Topliss-reactive ketones (excluding diaryl/α,β-unsaturated/α-hetero) is 1. The Morgan fingerprint density at radius 3 is 2.62 bits per heavy atom. The smallest absolute Gasteiger partial charge is 0.139 e. The summed E-state index contributed by atoms with van der Waals surface area (Å²) in [5, 5.41) is 0.610. The maximum Gasteiger partial charge on any atom is 0.139 e. The van der Waals surface area contributed by atoms with Crippen LogP contribution in [0.3, 0.4) is 0 Å². The van der Waals surface area contributed by atoms with E-state index in [-0.39, 0.29) is 0 Å². The van der Waals surface area contributed by atoms with E-state index >= 15 is 0 Å². The minimum atomic E-state index is 0.345. The van der Waals surface area contributed by atoms with Crippen LogP contribution in [0.4, 0.5) is 5.69 Å². The standard InChI is InChI=1S/C12H14ClNO2/c1-16-12-8-9(2-3-11(12)13)14-6-4-10(15)5-7-14/h2-3,8H,4-7H2,1H3. The molecule has 0 radical (unpaired) electrons. The molecule has 0 spiro atoms. The summed E-state index contributed by atoms with van der Waals surface area (Å²) in [4.78, 5) is 13.3. The van der Waals surface area contributed by atoms with Gasteiger partial charge in [0, 0.05) is 37.7 Å². The van der Waals surface area contributed by atoms with E-state index in [0.717, 1.165) is 18.8 Å². The average Bonchev–Trinajstić information content (AvgIpc) is 2.31. The fraction of sp³-hybridized carbons (Fsp3) is 0.417. The minimum Gasteiger partial charge on any atom is -0.495 e. The molecular weight excluding hydrogens is 226 g/mol. The second-order valence-corrected chi connectivity index (χ2v) is 4.25. The number of ketones is 1. The molecule has 1 aromatic rings. The van der Waals surface area contributed by atoms with Crippen molar-refractivity contribution in [2.24, 2.45) is 0 Å². The summed E-state index contributed by atoms with van der Waals surface area (Å²) >= 11 is 5.96. The van der Waals surface area contributed by atoms with E-state index < -0.39 is 0 Å². The lowest BCUT2D eigenvalue weighted by molar-refractivity contribution is -0.119. The molecule has 0 N–H and O–H groups in total. The highest BCUT2D eigenvalue weighted by atomic mass is 35.5. The van der Waals surface area contributed by atoms with Gasteiger partial charge in [-0.3, -0.25) is 4.79 Å². The lowest BCUT2D eigenvalue weighted by Crippen LogP contribution is -2.33. The van der Waals surface area contributed by atoms with Crippen molar-refractivity contribution in [2.45, 2.75) is 12.8 Å². The molecule has 0 unspecified atom stereocenters. The van der Waals surface area contributed by atoms with Crippen molar-refractivity contribution in [3.63, 3.8) is 0 Å². The topological polar surface area (TPSA) is 29.5 Å². The van der Waals surface area contributed by atoms with Crippen molar-refractivity contribution in [2.75, 3.05) is 25.1 Å². The third kappa shape index (κ3) is 2.30. The zero-order chi connectivity index (χ0) is 11.5. The first-order valence-corrected chi connectivity index (χ1v) is 5.68. The van der Waals surface area contributed by atoms with E-state index in [9.17, 15) is 4.79 Å². The van der Waals surface area contributed by atoms with Crippen LogP contribution in [0.2, 0.25) is 5.02 Å². The third-order valence-electron chi connectivity index (χ3n) is 2.82. The van der Waals surface area contributed by atoms with Crippen LogP contribution in [-0.2, 0) is 4.79 Å². The second kappa shape index (κ2) is 4.74. The van der Waals surface area contributed by atoms with Crippen LogP contribution in [-0.4, -0.2) is 26.0 Å². The van der Waals surface area contributed by atoms with Gasteiger partial charge in [-0.2, -0.15) is 0 Å². The van der Waals surface area contributed by atoms with Crippen molar-refractivity contribution in [1.82, 2.24) is 0 Å². The number of hydrogen-bond donors (Lipinski definition) is 0. The first-order chi connectivity index (χ1) is 7.70. The Kier molecular flexibility index (Phi) is 3.34. The van der Waals surface area contributed by atoms with Gasteiger partial charge in [0.1, 0.15) is 11.5 Å². The highest BCUT2D eigenvalue weighted by Crippen LogP contribution is 2.30. The molecule has 2 rings (SSSR count). The number of carbonyl (C=O) groups is 1. The maximum absolute atomic E-state index is 11.1. The molecule has 16 heavy (non-hydrogen) atoms. The summed E-state index contributed by atoms with van der Waals surface area (Å²) in [6, 6.07) is 5.70. The van der Waals surface area contributed by atoms with Gasteiger partial charge in [-0.1, -0.05) is 11.6 Å². The van der Waals surface area contributed by atoms with Crippen molar-refractivity contribution in [1.29, 1.82) is 0 Å². The van der Waals surface area contributed by atoms with Crippen LogP contribution >= 0.6 is 11.6 Å². The molecule has 1 heterocycles. The Hall–Kier alpha value is -1.22. The lowest BCUT2D eigenvalue weighted by atomic mass is 10.1. The Morgan fingerprint density at radius 2 is 2.00 bits per heavy atom. The van der Waals surface area contributed by atoms with E-state index in [4.69, 9.17) is 16.3 Å². The minimum absolute atomic E-state index is 0.345. The number of ether oxygens (including phenoxy) is 1. The van der Waals surface area contributed by atoms with Crippen molar-refractivity contribution in [3.05, 3.63) is 23.2 Å². The van der Waals surface area contributed by atoms with Gasteiger partial charge < -0.3 is 9.64 Å². The summed E-state index contributed by atoms with van der Waals surface area (Å²) in [6.07, 6.45) is 1.26. The molecule has 0 aliphatic carbocycles. The normalized spacial score (nSPS) is 16.4. The average molecular weight is 240 g/mol. The summed E-state index contributed by atoms with van der Waals surface area (Å²) in [5.41, 5.74) is 1.06. The van der Waals surface area contributed by atoms with Gasteiger partial charge >= 0.3 is 0 Å². The van der Waals surface area contributed by atoms with Gasteiger partial charge in [-0.25, -0.2) is 0 Å². The number of piperidine rings is 1. The molecular formula is C12H14ClNO2. The highest BCUT2D eigenvalue weighted by molar-refractivity contribution is 6.32. The predicted octanol–water partition coefficient (Wildman–Crippen LogP) is 2.52. The van der Waals surface area contributed by atoms with Gasteiger partial charge in [0.05, 0.1) is 12.1 Å². The van der Waals surface area contributed by atoms with E-state index in [1.807, 2.05) is 18.2 Å². The summed E-state index contributed by atoms with van der Waals surface area (Å²) < 4.78 is 5.17. The number of anilines is 1. The molecule has 3 nitrogen and oxygen atoms in total. The monoisotopic (exact) mass is 239 g/mol. The van der Waals surface area contributed by atoms with Gasteiger partial charge in [0.15, 0.2) is 0 Å². The van der Waals surface area contributed by atoms with Crippen LogP contribution in [0.25, 0.3) is 0 Å². The van der Waals surface area contributed by atoms with Gasteiger partial charge in [-0.05, 0) is 12.1 Å². The quantitative estimate of drug-likeness (QED) is 0.794. The fourth-order valence-corrected chi connectivity index (χ4v) is 2.05. The summed E-state index contributed by atoms with van der Waals surface area (Å²) in [6.45, 7) is 1.56. The van der Waals surface area contributed by atoms with Crippen LogP contribution in [0.5, 0.6) is 5.75 Å². The fourth-order valence-electron chi connectivity index (χ4n) is 1.86. The van der Waals surface area contributed by atoms with Gasteiger partial charge in [0.25, 0.3) is 0 Å². The maximum atomic E-state index is 11.1. The number of hydrogen-bond acceptors (Lipinski definition) is 3. The molecule has 1 aliphatic heterocycles. The molecule has 1 fully saturated rings. The highest BCUT2D eigenvalue weighted by Gasteiger charge is 2.17. The zero-order valence-corrected chi connectivity index (χ0v) is 9.96. The number of nitrogens with zero attached hydrogens (tertiary/aromatic N) is 1. The van der Waals surface area contributed by atoms with E-state index in [1.165, 1.54) is 0 Å². The molecule has 0 amide bonds. The molecule has 4 heteroatoms. The Balaban J connectivity index is 2.17. The summed E-state index contributed by atoms with van der Waals surface area (Å²) in [5.74, 6) is 1.02. The van der Waals surface area contributed by atoms with Crippen LogP contribution in [0, 0.1) is 0 Å². The zero-order valence-electron chi connectivity index (χ0n) is 9.20.